The summed E-state index contributed by atoms with van der Waals surface area (Å²) in [7, 11) is 0. The van der Waals surface area contributed by atoms with Crippen LogP contribution in [0.25, 0.3) is 16.9 Å². The molecule has 4 rings (SSSR count). The van der Waals surface area contributed by atoms with Gasteiger partial charge in [-0.25, -0.2) is 14.3 Å². The molecule has 0 N–H and O–H groups in total. The van der Waals surface area contributed by atoms with Gasteiger partial charge < -0.3 is 9.47 Å². The molecule has 27 heavy (non-hydrogen) atoms. The van der Waals surface area contributed by atoms with Gasteiger partial charge in [0.15, 0.2) is 0 Å². The van der Waals surface area contributed by atoms with Crippen LogP contribution in [0.5, 0.6) is 0 Å². The van der Waals surface area contributed by atoms with Gasteiger partial charge in [0.2, 0.25) is 6.10 Å². The first-order chi connectivity index (χ1) is 13.1. The van der Waals surface area contributed by atoms with E-state index in [0.29, 0.717) is 17.7 Å². The summed E-state index contributed by atoms with van der Waals surface area (Å²) in [4.78, 5) is 24.4. The third kappa shape index (κ3) is 3.46. The van der Waals surface area contributed by atoms with Crippen LogP contribution in [-0.2, 0) is 14.3 Å². The minimum absolute atomic E-state index is 0.269. The summed E-state index contributed by atoms with van der Waals surface area (Å²) in [6, 6.07) is 17.2. The summed E-state index contributed by atoms with van der Waals surface area (Å²) in [6.07, 6.45) is 1.15. The van der Waals surface area contributed by atoms with E-state index in [2.05, 4.69) is 5.10 Å². The van der Waals surface area contributed by atoms with E-state index in [9.17, 15) is 9.59 Å². The topological polar surface area (TPSA) is 70.4 Å². The molecule has 0 radical (unpaired) electrons. The molecule has 1 aromatic heterocycles. The standard InChI is InChI=1S/C21H18N2O4/c1-14-7-9-15(10-8-14)19-17(20(24)27-18-11-12-26-21(18)25)13-23(22-19)16-5-3-2-4-6-16/h2-10,13,18H,11-12H2,1H3/t18-/m1/s1. The van der Waals surface area contributed by atoms with Gasteiger partial charge in [-0.2, -0.15) is 5.10 Å². The first kappa shape index (κ1) is 17.0. The Bertz CT molecular complexity index is 977. The average Bonchev–Trinajstić information content (AvgIpc) is 3.30. The Morgan fingerprint density at radius 2 is 1.89 bits per heavy atom. The minimum atomic E-state index is -0.858. The lowest BCUT2D eigenvalue weighted by molar-refractivity contribution is -0.145. The molecule has 1 fully saturated rings. The van der Waals surface area contributed by atoms with Crippen LogP contribution >= 0.6 is 0 Å². The molecule has 1 aliphatic rings. The average molecular weight is 362 g/mol. The van der Waals surface area contributed by atoms with Crippen molar-refractivity contribution in [2.24, 2.45) is 0 Å². The molecule has 0 amide bonds. The van der Waals surface area contributed by atoms with Crippen molar-refractivity contribution in [1.82, 2.24) is 9.78 Å². The second kappa shape index (κ2) is 7.07. The third-order valence-electron chi connectivity index (χ3n) is 4.42. The molecule has 0 aliphatic carbocycles. The molecule has 0 spiro atoms. The van der Waals surface area contributed by atoms with Crippen LogP contribution in [0.4, 0.5) is 0 Å². The lowest BCUT2D eigenvalue weighted by atomic mass is 10.1. The van der Waals surface area contributed by atoms with E-state index in [-0.39, 0.29) is 6.61 Å². The van der Waals surface area contributed by atoms with Gasteiger partial charge in [-0.05, 0) is 19.1 Å². The number of hydrogen-bond acceptors (Lipinski definition) is 5. The highest BCUT2D eigenvalue weighted by Gasteiger charge is 2.32. The molecule has 2 heterocycles. The van der Waals surface area contributed by atoms with E-state index in [1.165, 1.54) is 0 Å². The maximum atomic E-state index is 12.8. The van der Waals surface area contributed by atoms with Gasteiger partial charge in [0.25, 0.3) is 0 Å². The zero-order valence-corrected chi connectivity index (χ0v) is 14.8. The lowest BCUT2D eigenvalue weighted by Crippen LogP contribution is -2.22. The fraction of sp³-hybridized carbons (Fsp3) is 0.190. The second-order valence-electron chi connectivity index (χ2n) is 6.39. The van der Waals surface area contributed by atoms with Crippen LogP contribution < -0.4 is 0 Å². The number of carbonyl (C=O) groups is 2. The van der Waals surface area contributed by atoms with Crippen LogP contribution in [0, 0.1) is 6.92 Å². The van der Waals surface area contributed by atoms with Crippen molar-refractivity contribution >= 4 is 11.9 Å². The zero-order valence-electron chi connectivity index (χ0n) is 14.8. The normalized spacial score (nSPS) is 16.2. The Balaban J connectivity index is 1.73. The molecule has 0 bridgehead atoms. The number of benzene rings is 2. The summed E-state index contributed by atoms with van der Waals surface area (Å²) >= 11 is 0. The van der Waals surface area contributed by atoms with E-state index in [0.717, 1.165) is 16.8 Å². The zero-order chi connectivity index (χ0) is 18.8. The van der Waals surface area contributed by atoms with E-state index < -0.39 is 18.0 Å². The van der Waals surface area contributed by atoms with E-state index in [1.807, 2.05) is 61.5 Å². The van der Waals surface area contributed by atoms with Crippen molar-refractivity contribution in [1.29, 1.82) is 0 Å². The van der Waals surface area contributed by atoms with Crippen molar-refractivity contribution in [2.45, 2.75) is 19.4 Å². The summed E-state index contributed by atoms with van der Waals surface area (Å²) in [5.41, 5.74) is 3.55. The number of carbonyl (C=O) groups excluding carboxylic acids is 2. The summed E-state index contributed by atoms with van der Waals surface area (Å²) in [6.45, 7) is 2.26. The van der Waals surface area contributed by atoms with Gasteiger partial charge in [0.1, 0.15) is 11.3 Å². The monoisotopic (exact) mass is 362 g/mol. The van der Waals surface area contributed by atoms with Crippen LogP contribution in [0.15, 0.2) is 60.8 Å². The van der Waals surface area contributed by atoms with E-state index in [1.54, 1.807) is 10.9 Å². The number of aromatic nitrogens is 2. The first-order valence-electron chi connectivity index (χ1n) is 8.71. The fourth-order valence-electron chi connectivity index (χ4n) is 2.94. The fourth-order valence-corrected chi connectivity index (χ4v) is 2.94. The van der Waals surface area contributed by atoms with E-state index >= 15 is 0 Å². The highest BCUT2D eigenvalue weighted by Crippen LogP contribution is 2.26. The number of ether oxygens (including phenoxy) is 2. The second-order valence-corrected chi connectivity index (χ2v) is 6.39. The number of rotatable bonds is 4. The van der Waals surface area contributed by atoms with Crippen LogP contribution in [-0.4, -0.2) is 34.4 Å². The summed E-state index contributed by atoms with van der Waals surface area (Å²) in [5.74, 6) is -1.09. The molecule has 1 aliphatic heterocycles. The molecule has 2 aromatic carbocycles. The summed E-state index contributed by atoms with van der Waals surface area (Å²) < 4.78 is 11.9. The number of cyclic esters (lactones) is 1. The molecule has 136 valence electrons. The largest absolute Gasteiger partial charge is 0.463 e. The van der Waals surface area contributed by atoms with Crippen molar-refractivity contribution < 1.29 is 19.1 Å². The molecular formula is C21H18N2O4. The van der Waals surface area contributed by atoms with Gasteiger partial charge in [-0.3, -0.25) is 0 Å². The molecule has 3 aromatic rings. The van der Waals surface area contributed by atoms with E-state index in [4.69, 9.17) is 9.47 Å². The summed E-state index contributed by atoms with van der Waals surface area (Å²) in [5, 5.41) is 4.59. The van der Waals surface area contributed by atoms with Crippen LogP contribution in [0.1, 0.15) is 22.3 Å². The highest BCUT2D eigenvalue weighted by atomic mass is 16.6. The smallest absolute Gasteiger partial charge is 0.347 e. The van der Waals surface area contributed by atoms with Gasteiger partial charge in [0, 0.05) is 18.2 Å². The molecular weight excluding hydrogens is 344 g/mol. The van der Waals surface area contributed by atoms with Gasteiger partial charge in [-0.1, -0.05) is 48.0 Å². The molecule has 0 unspecified atom stereocenters. The Labute approximate surface area is 156 Å². The van der Waals surface area contributed by atoms with Crippen molar-refractivity contribution in [3.8, 4) is 16.9 Å². The highest BCUT2D eigenvalue weighted by molar-refractivity contribution is 5.97. The number of hydrogen-bond donors (Lipinski definition) is 0. The maximum Gasteiger partial charge on any atom is 0.347 e. The Morgan fingerprint density at radius 3 is 2.56 bits per heavy atom. The molecule has 0 saturated carbocycles. The number of esters is 2. The predicted molar refractivity (Wildman–Crippen MR) is 98.5 cm³/mol. The third-order valence-corrected chi connectivity index (χ3v) is 4.42. The molecule has 1 atom stereocenters. The number of nitrogens with zero attached hydrogens (tertiary/aromatic N) is 2. The maximum absolute atomic E-state index is 12.8. The molecule has 6 nitrogen and oxygen atoms in total. The predicted octanol–water partition coefficient (Wildman–Crippen LogP) is 3.32. The Hall–Kier alpha value is -3.41. The molecule has 1 saturated heterocycles. The van der Waals surface area contributed by atoms with Crippen molar-refractivity contribution in [3.05, 3.63) is 71.9 Å². The first-order valence-corrected chi connectivity index (χ1v) is 8.71. The Morgan fingerprint density at radius 1 is 1.15 bits per heavy atom. The van der Waals surface area contributed by atoms with Crippen LogP contribution in [0.2, 0.25) is 0 Å². The van der Waals surface area contributed by atoms with Gasteiger partial charge in [-0.15, -0.1) is 0 Å². The SMILES string of the molecule is Cc1ccc(-c2nn(-c3ccccc3)cc2C(=O)O[C@@H]2CCOC2=O)cc1. The number of para-hydroxylation sites is 1. The van der Waals surface area contributed by atoms with Gasteiger partial charge in [0.05, 0.1) is 12.3 Å². The van der Waals surface area contributed by atoms with Gasteiger partial charge >= 0.3 is 11.9 Å². The number of aryl methyl sites for hydroxylation is 1. The quantitative estimate of drug-likeness (QED) is 0.666. The van der Waals surface area contributed by atoms with Crippen molar-refractivity contribution in [2.75, 3.05) is 6.61 Å². The minimum Gasteiger partial charge on any atom is -0.463 e. The Kier molecular flexibility index (Phi) is 4.46. The van der Waals surface area contributed by atoms with Crippen molar-refractivity contribution in [3.63, 3.8) is 0 Å². The van der Waals surface area contributed by atoms with Crippen LogP contribution in [0.3, 0.4) is 0 Å². The molecule has 6 heteroatoms. The lowest BCUT2D eigenvalue weighted by Gasteiger charge is -2.08.